The van der Waals surface area contributed by atoms with Gasteiger partial charge in [-0.2, -0.15) is 5.26 Å². The Morgan fingerprint density at radius 1 is 1.57 bits per heavy atom. The van der Waals surface area contributed by atoms with Crippen molar-refractivity contribution in [3.63, 3.8) is 0 Å². The van der Waals surface area contributed by atoms with Crippen LogP contribution in [-0.4, -0.2) is 11.1 Å². The summed E-state index contributed by atoms with van der Waals surface area (Å²) in [7, 11) is 0. The van der Waals surface area contributed by atoms with E-state index in [9.17, 15) is 9.18 Å². The quantitative estimate of drug-likeness (QED) is 0.725. The fourth-order valence-corrected chi connectivity index (χ4v) is 0.959. The number of aliphatic carboxylic acids is 1. The van der Waals surface area contributed by atoms with Crippen LogP contribution in [0.4, 0.5) is 4.39 Å². The monoisotopic (exact) mass is 191 g/mol. The van der Waals surface area contributed by atoms with Crippen molar-refractivity contribution in [1.29, 1.82) is 5.26 Å². The van der Waals surface area contributed by atoms with E-state index >= 15 is 0 Å². The van der Waals surface area contributed by atoms with Crippen LogP contribution < -0.4 is 0 Å². The fraction of sp³-hybridized carbons (Fsp3) is 0. The molecule has 4 heteroatoms. The molecule has 0 aromatic heterocycles. The maximum absolute atomic E-state index is 13.0. The maximum Gasteiger partial charge on any atom is 0.328 e. The van der Waals surface area contributed by atoms with Gasteiger partial charge in [0.15, 0.2) is 0 Å². The van der Waals surface area contributed by atoms with Crippen molar-refractivity contribution in [2.75, 3.05) is 0 Å². The minimum Gasteiger partial charge on any atom is -0.478 e. The Kier molecular flexibility index (Phi) is 2.97. The Labute approximate surface area is 79.7 Å². The van der Waals surface area contributed by atoms with Gasteiger partial charge in [-0.3, -0.25) is 0 Å². The highest BCUT2D eigenvalue weighted by Crippen LogP contribution is 2.13. The number of nitrogens with zero attached hydrogens (tertiary/aromatic N) is 1. The van der Waals surface area contributed by atoms with Crippen LogP contribution in [0.3, 0.4) is 0 Å². The Bertz CT molecular complexity index is 432. The van der Waals surface area contributed by atoms with Crippen LogP contribution in [0.1, 0.15) is 11.1 Å². The van der Waals surface area contributed by atoms with E-state index < -0.39 is 11.8 Å². The minimum atomic E-state index is -1.14. The molecule has 0 radical (unpaired) electrons. The number of carbonyl (C=O) groups is 1. The van der Waals surface area contributed by atoms with Crippen LogP contribution in [0.5, 0.6) is 0 Å². The lowest BCUT2D eigenvalue weighted by Gasteiger charge is -1.97. The number of nitriles is 1. The predicted octanol–water partition coefficient (Wildman–Crippen LogP) is 1.80. The van der Waals surface area contributed by atoms with Crippen molar-refractivity contribution < 1.29 is 14.3 Å². The van der Waals surface area contributed by atoms with E-state index in [0.717, 1.165) is 12.1 Å². The lowest BCUT2D eigenvalue weighted by atomic mass is 10.1. The van der Waals surface area contributed by atoms with E-state index in [4.69, 9.17) is 10.4 Å². The zero-order chi connectivity index (χ0) is 10.6. The van der Waals surface area contributed by atoms with Crippen molar-refractivity contribution in [2.45, 2.75) is 0 Å². The molecule has 0 unspecified atom stereocenters. The smallest absolute Gasteiger partial charge is 0.328 e. The summed E-state index contributed by atoms with van der Waals surface area (Å²) in [5.41, 5.74) is 0.111. The first-order chi connectivity index (χ1) is 6.65. The molecule has 0 amide bonds. The van der Waals surface area contributed by atoms with Crippen LogP contribution in [0, 0.1) is 17.1 Å². The molecular formula is C10H6FNO2. The Morgan fingerprint density at radius 2 is 2.29 bits per heavy atom. The molecule has 0 bridgehead atoms. The number of rotatable bonds is 2. The Morgan fingerprint density at radius 3 is 2.86 bits per heavy atom. The van der Waals surface area contributed by atoms with E-state index in [1.165, 1.54) is 18.2 Å². The van der Waals surface area contributed by atoms with E-state index in [1.54, 1.807) is 6.07 Å². The summed E-state index contributed by atoms with van der Waals surface area (Å²) in [6.07, 6.45) is 2.04. The molecule has 0 spiro atoms. The molecule has 0 aliphatic rings. The summed E-state index contributed by atoms with van der Waals surface area (Å²) >= 11 is 0. The molecule has 0 saturated carbocycles. The van der Waals surface area contributed by atoms with Crippen molar-refractivity contribution in [2.24, 2.45) is 0 Å². The van der Waals surface area contributed by atoms with Crippen LogP contribution in [0.15, 0.2) is 24.3 Å². The van der Waals surface area contributed by atoms with E-state index in [-0.39, 0.29) is 11.1 Å². The molecule has 0 aliphatic carbocycles. The van der Waals surface area contributed by atoms with Gasteiger partial charge in [0.05, 0.1) is 5.56 Å². The fourth-order valence-electron chi connectivity index (χ4n) is 0.959. The molecule has 14 heavy (non-hydrogen) atoms. The first-order valence-electron chi connectivity index (χ1n) is 3.75. The summed E-state index contributed by atoms with van der Waals surface area (Å²) in [6.45, 7) is 0. The second-order valence-corrected chi connectivity index (χ2v) is 2.49. The van der Waals surface area contributed by atoms with Gasteiger partial charge < -0.3 is 5.11 Å². The molecule has 3 nitrogen and oxygen atoms in total. The highest BCUT2D eigenvalue weighted by atomic mass is 19.1. The van der Waals surface area contributed by atoms with Gasteiger partial charge >= 0.3 is 5.97 Å². The van der Waals surface area contributed by atoms with Crippen LogP contribution in [0.25, 0.3) is 6.08 Å². The van der Waals surface area contributed by atoms with Gasteiger partial charge in [0, 0.05) is 6.08 Å². The van der Waals surface area contributed by atoms with Crippen molar-refractivity contribution in [1.82, 2.24) is 0 Å². The Hall–Kier alpha value is -2.15. The summed E-state index contributed by atoms with van der Waals surface area (Å²) in [5, 5.41) is 16.9. The van der Waals surface area contributed by atoms with E-state index in [0.29, 0.717) is 0 Å². The zero-order valence-electron chi connectivity index (χ0n) is 7.07. The zero-order valence-corrected chi connectivity index (χ0v) is 7.07. The summed E-state index contributed by atoms with van der Waals surface area (Å²) in [4.78, 5) is 10.2. The summed E-state index contributed by atoms with van der Waals surface area (Å²) in [5.74, 6) is -1.79. The maximum atomic E-state index is 13.0. The molecule has 1 rings (SSSR count). The number of carboxylic acids is 1. The van der Waals surface area contributed by atoms with Crippen molar-refractivity contribution in [3.8, 4) is 6.07 Å². The summed E-state index contributed by atoms with van der Waals surface area (Å²) < 4.78 is 13.0. The topological polar surface area (TPSA) is 61.1 Å². The number of hydrogen-bond donors (Lipinski definition) is 1. The third kappa shape index (κ3) is 2.17. The van der Waals surface area contributed by atoms with Gasteiger partial charge in [-0.25, -0.2) is 9.18 Å². The average Bonchev–Trinajstić information content (AvgIpc) is 2.14. The second-order valence-electron chi connectivity index (χ2n) is 2.49. The lowest BCUT2D eigenvalue weighted by Crippen LogP contribution is -1.90. The minimum absolute atomic E-state index is 0.148. The summed E-state index contributed by atoms with van der Waals surface area (Å²) in [6, 6.07) is 5.71. The second kappa shape index (κ2) is 4.19. The van der Waals surface area contributed by atoms with Gasteiger partial charge in [0.25, 0.3) is 0 Å². The third-order valence-corrected chi connectivity index (χ3v) is 1.56. The average molecular weight is 191 g/mol. The van der Waals surface area contributed by atoms with Crippen molar-refractivity contribution >= 4 is 12.0 Å². The first kappa shape index (κ1) is 9.93. The predicted molar refractivity (Wildman–Crippen MR) is 47.8 cm³/mol. The molecule has 0 fully saturated rings. The molecule has 70 valence electrons. The van der Waals surface area contributed by atoms with Gasteiger partial charge in [0.2, 0.25) is 0 Å². The van der Waals surface area contributed by atoms with Crippen LogP contribution in [-0.2, 0) is 4.79 Å². The number of carboxylic acid groups (broad SMARTS) is 1. The first-order valence-corrected chi connectivity index (χ1v) is 3.75. The third-order valence-electron chi connectivity index (χ3n) is 1.56. The van der Waals surface area contributed by atoms with E-state index in [1.807, 2.05) is 0 Å². The van der Waals surface area contributed by atoms with Gasteiger partial charge in [-0.1, -0.05) is 12.1 Å². The number of hydrogen-bond acceptors (Lipinski definition) is 2. The van der Waals surface area contributed by atoms with E-state index in [2.05, 4.69) is 0 Å². The van der Waals surface area contributed by atoms with Gasteiger partial charge in [-0.05, 0) is 17.7 Å². The molecule has 1 aromatic rings. The van der Waals surface area contributed by atoms with Crippen molar-refractivity contribution in [3.05, 3.63) is 41.2 Å². The van der Waals surface area contributed by atoms with Gasteiger partial charge in [0.1, 0.15) is 11.9 Å². The highest BCUT2D eigenvalue weighted by molar-refractivity contribution is 5.85. The number of benzene rings is 1. The molecule has 0 saturated heterocycles. The number of halogens is 1. The molecule has 0 atom stereocenters. The molecule has 1 N–H and O–H groups in total. The highest BCUT2D eigenvalue weighted by Gasteiger charge is 2.04. The molecule has 0 aliphatic heterocycles. The standard InChI is InChI=1S/C10H6FNO2/c11-9-3-1-2-7(8(9)6-12)4-5-10(13)14/h1-5H,(H,13,14)/b5-4+. The normalized spacial score (nSPS) is 10.0. The Balaban J connectivity index is 3.16. The van der Waals surface area contributed by atoms with Crippen LogP contribution in [0.2, 0.25) is 0 Å². The lowest BCUT2D eigenvalue weighted by molar-refractivity contribution is -0.131. The van der Waals surface area contributed by atoms with Gasteiger partial charge in [-0.15, -0.1) is 0 Å². The molecule has 0 heterocycles. The molecule has 1 aromatic carbocycles. The SMILES string of the molecule is N#Cc1c(F)cccc1/C=C/C(=O)O. The molecular weight excluding hydrogens is 185 g/mol. The van der Waals surface area contributed by atoms with Crippen LogP contribution >= 0.6 is 0 Å². The largest absolute Gasteiger partial charge is 0.478 e.